The fourth-order valence-electron chi connectivity index (χ4n) is 6.13. The minimum atomic E-state index is -0.358. The van der Waals surface area contributed by atoms with E-state index < -0.39 is 0 Å². The lowest BCUT2D eigenvalue weighted by molar-refractivity contribution is 0.103. The summed E-state index contributed by atoms with van der Waals surface area (Å²) in [5.74, 6) is -0.486. The van der Waals surface area contributed by atoms with Crippen LogP contribution in [-0.2, 0) is 0 Å². The highest BCUT2D eigenvalue weighted by molar-refractivity contribution is 6.15. The third kappa shape index (κ3) is 3.61. The Morgan fingerprint density at radius 3 is 1.46 bits per heavy atom. The summed E-state index contributed by atoms with van der Waals surface area (Å²) in [5.41, 5.74) is 7.56. The SMILES string of the molecule is O=C(c1ccc(F)cc1)c1ccc2c(c1)c1ccccc1n2-c1cccc(-n2c3ccccc3c3ccccc32)c1. The van der Waals surface area contributed by atoms with Crippen molar-refractivity contribution in [3.05, 3.63) is 156 Å². The Bertz CT molecular complexity index is 2240. The van der Waals surface area contributed by atoms with Gasteiger partial charge in [-0.25, -0.2) is 4.39 Å². The number of benzene rings is 6. The molecule has 0 fully saturated rings. The fourth-order valence-corrected chi connectivity index (χ4v) is 6.13. The van der Waals surface area contributed by atoms with Gasteiger partial charge in [0.2, 0.25) is 0 Å². The number of carbonyl (C=O) groups is 1. The van der Waals surface area contributed by atoms with Crippen LogP contribution in [0.3, 0.4) is 0 Å². The molecular formula is C37H23FN2O. The number of ketones is 1. The van der Waals surface area contributed by atoms with Crippen LogP contribution >= 0.6 is 0 Å². The molecule has 2 heterocycles. The number of nitrogens with zero attached hydrogens (tertiary/aromatic N) is 2. The summed E-state index contributed by atoms with van der Waals surface area (Å²) in [7, 11) is 0. The third-order valence-corrected chi connectivity index (χ3v) is 7.97. The molecule has 4 heteroatoms. The number of halogens is 1. The molecule has 0 aliphatic carbocycles. The van der Waals surface area contributed by atoms with E-state index in [1.165, 1.54) is 35.0 Å². The van der Waals surface area contributed by atoms with Crippen LogP contribution in [0, 0.1) is 5.82 Å². The summed E-state index contributed by atoms with van der Waals surface area (Å²) in [6, 6.07) is 45.4. The Morgan fingerprint density at radius 2 is 0.902 bits per heavy atom. The Hall–Kier alpha value is -5.48. The van der Waals surface area contributed by atoms with Gasteiger partial charge in [0, 0.05) is 44.0 Å². The molecule has 2 aromatic heterocycles. The Balaban J connectivity index is 1.33. The quantitative estimate of drug-likeness (QED) is 0.208. The van der Waals surface area contributed by atoms with Gasteiger partial charge in [-0.3, -0.25) is 4.79 Å². The molecule has 0 atom stereocenters. The van der Waals surface area contributed by atoms with Gasteiger partial charge in [0.05, 0.1) is 22.1 Å². The Kier molecular flexibility index (Phi) is 5.16. The van der Waals surface area contributed by atoms with E-state index in [1.807, 2.05) is 30.3 Å². The van der Waals surface area contributed by atoms with E-state index in [2.05, 4.69) is 94.1 Å². The van der Waals surface area contributed by atoms with Crippen molar-refractivity contribution in [2.24, 2.45) is 0 Å². The van der Waals surface area contributed by atoms with Crippen LogP contribution in [0.4, 0.5) is 4.39 Å². The van der Waals surface area contributed by atoms with Crippen molar-refractivity contribution in [3.8, 4) is 11.4 Å². The van der Waals surface area contributed by atoms with Crippen LogP contribution in [0.15, 0.2) is 140 Å². The molecule has 0 bridgehead atoms. The lowest BCUT2D eigenvalue weighted by atomic mass is 10.0. The first-order chi connectivity index (χ1) is 20.2. The van der Waals surface area contributed by atoms with Crippen LogP contribution in [0.5, 0.6) is 0 Å². The predicted molar refractivity (Wildman–Crippen MR) is 165 cm³/mol. The standard InChI is InChI=1S/C37H23FN2O/c38-26-19-16-24(17-20-26)37(41)25-18-21-36-32(22-25)31-12-3-6-15-35(31)40(36)28-9-7-8-27(23-28)39-33-13-4-1-10-29(33)30-11-2-5-14-34(30)39/h1-23H. The summed E-state index contributed by atoms with van der Waals surface area (Å²) in [6.45, 7) is 0. The second-order valence-corrected chi connectivity index (χ2v) is 10.3. The van der Waals surface area contributed by atoms with Gasteiger partial charge in [0.15, 0.2) is 5.78 Å². The van der Waals surface area contributed by atoms with Crippen LogP contribution in [-0.4, -0.2) is 14.9 Å². The van der Waals surface area contributed by atoms with E-state index in [9.17, 15) is 9.18 Å². The van der Waals surface area contributed by atoms with Crippen molar-refractivity contribution in [3.63, 3.8) is 0 Å². The van der Waals surface area contributed by atoms with Crippen molar-refractivity contribution in [2.75, 3.05) is 0 Å². The molecule has 0 aliphatic heterocycles. The maximum Gasteiger partial charge on any atom is 0.193 e. The van der Waals surface area contributed by atoms with Crippen LogP contribution in [0.2, 0.25) is 0 Å². The first kappa shape index (κ1) is 23.4. The first-order valence-corrected chi connectivity index (χ1v) is 13.6. The largest absolute Gasteiger partial charge is 0.309 e. The monoisotopic (exact) mass is 530 g/mol. The average molecular weight is 531 g/mol. The molecule has 8 rings (SSSR count). The van der Waals surface area contributed by atoms with E-state index in [0.717, 1.165) is 44.2 Å². The number of carbonyl (C=O) groups excluding carboxylic acids is 1. The van der Waals surface area contributed by atoms with Gasteiger partial charge < -0.3 is 9.13 Å². The zero-order chi connectivity index (χ0) is 27.5. The van der Waals surface area contributed by atoms with Crippen molar-refractivity contribution in [1.29, 1.82) is 0 Å². The molecule has 41 heavy (non-hydrogen) atoms. The van der Waals surface area contributed by atoms with Gasteiger partial charge in [-0.1, -0.05) is 60.7 Å². The van der Waals surface area contributed by atoms with Gasteiger partial charge >= 0.3 is 0 Å². The first-order valence-electron chi connectivity index (χ1n) is 13.6. The lowest BCUT2D eigenvalue weighted by Gasteiger charge is -2.13. The second kappa shape index (κ2) is 9.04. The highest BCUT2D eigenvalue weighted by Gasteiger charge is 2.17. The molecule has 0 unspecified atom stereocenters. The summed E-state index contributed by atoms with van der Waals surface area (Å²) >= 11 is 0. The van der Waals surface area contributed by atoms with Crippen LogP contribution in [0.1, 0.15) is 15.9 Å². The smallest absolute Gasteiger partial charge is 0.193 e. The van der Waals surface area contributed by atoms with Gasteiger partial charge in [-0.15, -0.1) is 0 Å². The minimum Gasteiger partial charge on any atom is -0.309 e. The topological polar surface area (TPSA) is 26.9 Å². The molecule has 3 nitrogen and oxygen atoms in total. The normalized spacial score (nSPS) is 11.6. The van der Waals surface area contributed by atoms with Gasteiger partial charge in [-0.05, 0) is 78.9 Å². The molecule has 0 spiro atoms. The predicted octanol–water partition coefficient (Wildman–Crippen LogP) is 9.25. The summed E-state index contributed by atoms with van der Waals surface area (Å²) < 4.78 is 18.0. The van der Waals surface area contributed by atoms with Crippen LogP contribution in [0.25, 0.3) is 55.0 Å². The summed E-state index contributed by atoms with van der Waals surface area (Å²) in [6.07, 6.45) is 0. The van der Waals surface area contributed by atoms with E-state index in [4.69, 9.17) is 0 Å². The molecule has 0 N–H and O–H groups in total. The highest BCUT2D eigenvalue weighted by Crippen LogP contribution is 2.36. The van der Waals surface area contributed by atoms with Gasteiger partial charge in [0.25, 0.3) is 0 Å². The summed E-state index contributed by atoms with van der Waals surface area (Å²) in [4.78, 5) is 13.3. The minimum absolute atomic E-state index is 0.128. The number of hydrogen-bond donors (Lipinski definition) is 0. The number of rotatable bonds is 4. The second-order valence-electron chi connectivity index (χ2n) is 10.3. The maximum absolute atomic E-state index is 13.5. The van der Waals surface area contributed by atoms with Crippen molar-refractivity contribution >= 4 is 49.4 Å². The number of hydrogen-bond acceptors (Lipinski definition) is 1. The molecule has 0 amide bonds. The van der Waals surface area contributed by atoms with Crippen molar-refractivity contribution in [1.82, 2.24) is 9.13 Å². The van der Waals surface area contributed by atoms with E-state index in [0.29, 0.717) is 11.1 Å². The molecule has 6 aromatic carbocycles. The fraction of sp³-hybridized carbons (Fsp3) is 0. The molecule has 0 saturated carbocycles. The number of aromatic nitrogens is 2. The summed E-state index contributed by atoms with van der Waals surface area (Å²) in [5, 5.41) is 4.52. The zero-order valence-electron chi connectivity index (χ0n) is 22.0. The Morgan fingerprint density at radius 1 is 0.439 bits per heavy atom. The molecule has 194 valence electrons. The number of para-hydroxylation sites is 3. The van der Waals surface area contributed by atoms with Crippen molar-refractivity contribution < 1.29 is 9.18 Å². The van der Waals surface area contributed by atoms with Crippen molar-refractivity contribution in [2.45, 2.75) is 0 Å². The molecular weight excluding hydrogens is 507 g/mol. The number of fused-ring (bicyclic) bond motifs is 6. The van der Waals surface area contributed by atoms with E-state index >= 15 is 0 Å². The zero-order valence-corrected chi connectivity index (χ0v) is 22.0. The maximum atomic E-state index is 13.5. The van der Waals surface area contributed by atoms with E-state index in [1.54, 1.807) is 0 Å². The van der Waals surface area contributed by atoms with E-state index in [-0.39, 0.29) is 11.6 Å². The molecule has 0 saturated heterocycles. The van der Waals surface area contributed by atoms with Crippen LogP contribution < -0.4 is 0 Å². The Labute approximate surface area is 235 Å². The molecule has 8 aromatic rings. The lowest BCUT2D eigenvalue weighted by Crippen LogP contribution is -2.01. The third-order valence-electron chi connectivity index (χ3n) is 7.97. The molecule has 0 aliphatic rings. The average Bonchev–Trinajstić information content (AvgIpc) is 3.54. The highest BCUT2D eigenvalue weighted by atomic mass is 19.1. The van der Waals surface area contributed by atoms with Gasteiger partial charge in [0.1, 0.15) is 5.82 Å². The molecule has 0 radical (unpaired) electrons. The van der Waals surface area contributed by atoms with Gasteiger partial charge in [-0.2, -0.15) is 0 Å².